The van der Waals surface area contributed by atoms with Gasteiger partial charge in [-0.05, 0) is 49.3 Å². The summed E-state index contributed by atoms with van der Waals surface area (Å²) in [5, 5.41) is 9.15. The minimum Gasteiger partial charge on any atom is -0.481 e. The lowest BCUT2D eigenvalue weighted by atomic mass is 9.84. The van der Waals surface area contributed by atoms with Crippen LogP contribution in [-0.4, -0.2) is 35.0 Å². The second kappa shape index (κ2) is 7.16. The maximum Gasteiger partial charge on any atom is 0.308 e. The normalized spacial score (nSPS) is 22.8. The third-order valence-electron chi connectivity index (χ3n) is 5.29. The number of hydrogen-bond acceptors (Lipinski definition) is 2. The summed E-state index contributed by atoms with van der Waals surface area (Å²) in [7, 11) is 0. The van der Waals surface area contributed by atoms with Crippen molar-refractivity contribution in [1.82, 2.24) is 4.90 Å². The quantitative estimate of drug-likeness (QED) is 0.926. The molecule has 124 valence electrons. The van der Waals surface area contributed by atoms with Gasteiger partial charge >= 0.3 is 5.97 Å². The van der Waals surface area contributed by atoms with Gasteiger partial charge in [0.15, 0.2) is 0 Å². The van der Waals surface area contributed by atoms with Crippen molar-refractivity contribution in [2.75, 3.05) is 13.1 Å². The predicted octanol–water partition coefficient (Wildman–Crippen LogP) is 3.67. The highest BCUT2D eigenvalue weighted by Crippen LogP contribution is 2.32. The molecule has 0 spiro atoms. The molecular weight excluding hydrogens is 290 g/mol. The van der Waals surface area contributed by atoms with Crippen LogP contribution in [0.3, 0.4) is 0 Å². The topological polar surface area (TPSA) is 57.6 Å². The monoisotopic (exact) mass is 315 g/mol. The van der Waals surface area contributed by atoms with Gasteiger partial charge in [0, 0.05) is 18.7 Å². The Morgan fingerprint density at radius 2 is 1.65 bits per heavy atom. The van der Waals surface area contributed by atoms with E-state index in [0.29, 0.717) is 31.0 Å². The zero-order chi connectivity index (χ0) is 16.2. The lowest BCUT2D eigenvalue weighted by molar-refractivity contribution is -0.143. The molecular formula is C19H25NO3. The first-order valence-corrected chi connectivity index (χ1v) is 8.77. The van der Waals surface area contributed by atoms with Crippen LogP contribution in [0.5, 0.6) is 0 Å². The minimum absolute atomic E-state index is 0.0360. The SMILES string of the molecule is O=C(O)C1CCCN(C(=O)c2ccc(C3CCCCC3)cc2)C1. The zero-order valence-electron chi connectivity index (χ0n) is 13.5. The van der Waals surface area contributed by atoms with Crippen LogP contribution in [-0.2, 0) is 4.79 Å². The summed E-state index contributed by atoms with van der Waals surface area (Å²) in [5.74, 6) is -0.616. The maximum atomic E-state index is 12.6. The van der Waals surface area contributed by atoms with Gasteiger partial charge in [0.1, 0.15) is 0 Å². The van der Waals surface area contributed by atoms with Crippen LogP contribution < -0.4 is 0 Å². The summed E-state index contributed by atoms with van der Waals surface area (Å²) in [6, 6.07) is 8.00. The van der Waals surface area contributed by atoms with Gasteiger partial charge in [-0.1, -0.05) is 31.4 Å². The number of carbonyl (C=O) groups excluding carboxylic acids is 1. The Labute approximate surface area is 137 Å². The number of benzene rings is 1. The van der Waals surface area contributed by atoms with Crippen molar-refractivity contribution in [2.24, 2.45) is 5.92 Å². The van der Waals surface area contributed by atoms with Gasteiger partial charge in [0.2, 0.25) is 0 Å². The van der Waals surface area contributed by atoms with Crippen molar-refractivity contribution in [3.05, 3.63) is 35.4 Å². The van der Waals surface area contributed by atoms with E-state index in [0.717, 1.165) is 6.42 Å². The fourth-order valence-corrected chi connectivity index (χ4v) is 3.88. The summed E-state index contributed by atoms with van der Waals surface area (Å²) in [5.41, 5.74) is 2.01. The molecule has 4 nitrogen and oxygen atoms in total. The molecule has 0 bridgehead atoms. The molecule has 1 aromatic carbocycles. The van der Waals surface area contributed by atoms with E-state index in [2.05, 4.69) is 12.1 Å². The standard InChI is InChI=1S/C19H25NO3/c21-18(20-12-4-7-17(13-20)19(22)23)16-10-8-15(9-11-16)14-5-2-1-3-6-14/h8-11,14,17H,1-7,12-13H2,(H,22,23). The van der Waals surface area contributed by atoms with Crippen molar-refractivity contribution in [3.8, 4) is 0 Å². The van der Waals surface area contributed by atoms with Crippen LogP contribution in [0.25, 0.3) is 0 Å². The third kappa shape index (κ3) is 3.74. The summed E-state index contributed by atoms with van der Waals surface area (Å²) in [6.45, 7) is 0.992. The largest absolute Gasteiger partial charge is 0.481 e. The molecule has 1 saturated carbocycles. The van der Waals surface area contributed by atoms with Crippen LogP contribution in [0, 0.1) is 5.92 Å². The van der Waals surface area contributed by atoms with Crippen molar-refractivity contribution in [3.63, 3.8) is 0 Å². The average molecular weight is 315 g/mol. The Morgan fingerprint density at radius 1 is 0.957 bits per heavy atom. The second-order valence-corrected chi connectivity index (χ2v) is 6.89. The van der Waals surface area contributed by atoms with Gasteiger partial charge in [-0.2, -0.15) is 0 Å². The third-order valence-corrected chi connectivity index (χ3v) is 5.29. The van der Waals surface area contributed by atoms with E-state index in [1.54, 1.807) is 4.90 Å². The number of rotatable bonds is 3. The molecule has 1 saturated heterocycles. The van der Waals surface area contributed by atoms with E-state index >= 15 is 0 Å². The fraction of sp³-hybridized carbons (Fsp3) is 0.579. The summed E-state index contributed by atoms with van der Waals surface area (Å²) in [4.78, 5) is 25.4. The molecule has 1 atom stereocenters. The second-order valence-electron chi connectivity index (χ2n) is 6.89. The Hall–Kier alpha value is -1.84. The van der Waals surface area contributed by atoms with Crippen LogP contribution in [0.2, 0.25) is 0 Å². The highest BCUT2D eigenvalue weighted by Gasteiger charge is 2.28. The highest BCUT2D eigenvalue weighted by atomic mass is 16.4. The summed E-state index contributed by atoms with van der Waals surface area (Å²) in [6.07, 6.45) is 7.88. The van der Waals surface area contributed by atoms with Crippen molar-refractivity contribution >= 4 is 11.9 Å². The molecule has 0 aromatic heterocycles. The molecule has 1 unspecified atom stereocenters. The molecule has 3 rings (SSSR count). The summed E-state index contributed by atoms with van der Waals surface area (Å²) < 4.78 is 0. The number of carboxylic acid groups (broad SMARTS) is 1. The smallest absolute Gasteiger partial charge is 0.308 e. The first-order chi connectivity index (χ1) is 11.1. The van der Waals surface area contributed by atoms with E-state index in [1.807, 2.05) is 12.1 Å². The molecule has 2 fully saturated rings. The van der Waals surface area contributed by atoms with Crippen LogP contribution in [0.4, 0.5) is 0 Å². The molecule has 0 radical (unpaired) electrons. The molecule has 1 heterocycles. The molecule has 1 aliphatic heterocycles. The number of carbonyl (C=O) groups is 2. The number of carboxylic acids is 1. The molecule has 1 aliphatic carbocycles. The Balaban J connectivity index is 1.66. The molecule has 1 amide bonds. The number of hydrogen-bond donors (Lipinski definition) is 1. The lowest BCUT2D eigenvalue weighted by Crippen LogP contribution is -2.42. The van der Waals surface area contributed by atoms with Crippen molar-refractivity contribution in [2.45, 2.75) is 50.9 Å². The van der Waals surface area contributed by atoms with Gasteiger partial charge in [-0.25, -0.2) is 0 Å². The lowest BCUT2D eigenvalue weighted by Gasteiger charge is -2.31. The van der Waals surface area contributed by atoms with Crippen molar-refractivity contribution in [1.29, 1.82) is 0 Å². The van der Waals surface area contributed by atoms with E-state index in [9.17, 15) is 9.59 Å². The molecule has 2 aliphatic rings. The molecule has 4 heteroatoms. The number of nitrogens with zero attached hydrogens (tertiary/aromatic N) is 1. The van der Waals surface area contributed by atoms with Gasteiger partial charge in [0.25, 0.3) is 5.91 Å². The van der Waals surface area contributed by atoms with Crippen molar-refractivity contribution < 1.29 is 14.7 Å². The van der Waals surface area contributed by atoms with Gasteiger partial charge < -0.3 is 10.0 Å². The van der Waals surface area contributed by atoms with E-state index in [-0.39, 0.29) is 5.91 Å². The maximum absolute atomic E-state index is 12.6. The first kappa shape index (κ1) is 16.0. The van der Waals surface area contributed by atoms with Crippen LogP contribution in [0.15, 0.2) is 24.3 Å². The molecule has 1 N–H and O–H groups in total. The number of amides is 1. The Morgan fingerprint density at radius 3 is 2.30 bits per heavy atom. The molecule has 1 aromatic rings. The average Bonchev–Trinajstić information content (AvgIpc) is 2.62. The van der Waals surface area contributed by atoms with Crippen LogP contribution in [0.1, 0.15) is 66.8 Å². The first-order valence-electron chi connectivity index (χ1n) is 8.77. The summed E-state index contributed by atoms with van der Waals surface area (Å²) >= 11 is 0. The Kier molecular flexibility index (Phi) is 4.99. The highest BCUT2D eigenvalue weighted by molar-refractivity contribution is 5.94. The van der Waals surface area contributed by atoms with E-state index < -0.39 is 11.9 Å². The number of likely N-dealkylation sites (tertiary alicyclic amines) is 1. The minimum atomic E-state index is -0.796. The van der Waals surface area contributed by atoms with Gasteiger partial charge in [0.05, 0.1) is 5.92 Å². The van der Waals surface area contributed by atoms with E-state index in [4.69, 9.17) is 5.11 Å². The Bertz CT molecular complexity index is 560. The number of aliphatic carboxylic acids is 1. The molecule has 23 heavy (non-hydrogen) atoms. The number of piperidine rings is 1. The fourth-order valence-electron chi connectivity index (χ4n) is 3.88. The van der Waals surface area contributed by atoms with Gasteiger partial charge in [-0.15, -0.1) is 0 Å². The zero-order valence-corrected chi connectivity index (χ0v) is 13.5. The van der Waals surface area contributed by atoms with E-state index in [1.165, 1.54) is 37.7 Å². The predicted molar refractivity (Wildman–Crippen MR) is 88.5 cm³/mol. The van der Waals surface area contributed by atoms with Gasteiger partial charge in [-0.3, -0.25) is 9.59 Å². The van der Waals surface area contributed by atoms with Crippen LogP contribution >= 0.6 is 0 Å².